The molecule has 1 unspecified atom stereocenters. The summed E-state index contributed by atoms with van der Waals surface area (Å²) in [7, 11) is 0. The number of nitro groups is 1. The topological polar surface area (TPSA) is 81.5 Å². The zero-order valence-electron chi connectivity index (χ0n) is 8.28. The maximum Gasteiger partial charge on any atom is 0.407 e. The molecule has 2 rings (SSSR count). The molecular formula is C9H6F2N2O4. The predicted molar refractivity (Wildman–Crippen MR) is 50.2 cm³/mol. The average molecular weight is 244 g/mol. The number of amides is 1. The van der Waals surface area contributed by atoms with Gasteiger partial charge >= 0.3 is 11.8 Å². The second-order valence-electron chi connectivity index (χ2n) is 3.33. The van der Waals surface area contributed by atoms with Crippen LogP contribution in [0.25, 0.3) is 0 Å². The Bertz CT molecular complexity index is 506. The van der Waals surface area contributed by atoms with E-state index in [2.05, 4.69) is 10.1 Å². The summed E-state index contributed by atoms with van der Waals surface area (Å²) >= 11 is 0. The normalized spacial score (nSPS) is 18.7. The molecule has 0 bridgehead atoms. The number of nitrogens with zero attached hydrogens (tertiary/aromatic N) is 1. The standard InChI is InChI=1S/C9H6F2N2O4/c10-4-1-2-5(13(15)16)8(11)7(4)6-3-12-9(14)17-6/h1-2,6H,3H2,(H,12,14). The first-order chi connectivity index (χ1) is 8.00. The molecule has 1 aromatic rings. The number of carbonyl (C=O) groups excluding carboxylic acids is 1. The highest BCUT2D eigenvalue weighted by atomic mass is 19.1. The first kappa shape index (κ1) is 11.2. The highest BCUT2D eigenvalue weighted by Gasteiger charge is 2.33. The van der Waals surface area contributed by atoms with Gasteiger partial charge in [0, 0.05) is 6.07 Å². The molecule has 1 N–H and O–H groups in total. The molecule has 1 fully saturated rings. The molecule has 1 heterocycles. The van der Waals surface area contributed by atoms with Gasteiger partial charge in [0.2, 0.25) is 5.82 Å². The van der Waals surface area contributed by atoms with Gasteiger partial charge in [0.25, 0.3) is 0 Å². The van der Waals surface area contributed by atoms with Crippen molar-refractivity contribution in [1.82, 2.24) is 5.32 Å². The number of rotatable bonds is 2. The molecule has 8 heteroatoms. The zero-order valence-corrected chi connectivity index (χ0v) is 8.28. The molecule has 1 aromatic carbocycles. The largest absolute Gasteiger partial charge is 0.439 e. The summed E-state index contributed by atoms with van der Waals surface area (Å²) in [6.07, 6.45) is -2.01. The molecule has 90 valence electrons. The molecule has 1 amide bonds. The van der Waals surface area contributed by atoms with Crippen LogP contribution in [0.4, 0.5) is 19.3 Å². The van der Waals surface area contributed by atoms with Crippen LogP contribution in [0.15, 0.2) is 12.1 Å². The molecular weight excluding hydrogens is 238 g/mol. The van der Waals surface area contributed by atoms with Gasteiger partial charge in [0.1, 0.15) is 5.82 Å². The van der Waals surface area contributed by atoms with Crippen LogP contribution in [0, 0.1) is 21.7 Å². The second kappa shape index (κ2) is 3.96. The number of benzene rings is 1. The molecule has 0 spiro atoms. The minimum Gasteiger partial charge on any atom is -0.439 e. The van der Waals surface area contributed by atoms with E-state index in [1.54, 1.807) is 0 Å². The van der Waals surface area contributed by atoms with E-state index in [4.69, 9.17) is 0 Å². The fourth-order valence-electron chi connectivity index (χ4n) is 1.54. The van der Waals surface area contributed by atoms with Gasteiger partial charge in [-0.25, -0.2) is 9.18 Å². The lowest BCUT2D eigenvalue weighted by Crippen LogP contribution is -2.13. The third-order valence-electron chi connectivity index (χ3n) is 2.31. The highest BCUT2D eigenvalue weighted by Crippen LogP contribution is 2.31. The van der Waals surface area contributed by atoms with Gasteiger partial charge in [0.15, 0.2) is 6.10 Å². The molecule has 0 saturated carbocycles. The quantitative estimate of drug-likeness (QED) is 0.633. The van der Waals surface area contributed by atoms with Gasteiger partial charge in [-0.15, -0.1) is 0 Å². The van der Waals surface area contributed by atoms with Crippen molar-refractivity contribution in [3.63, 3.8) is 0 Å². The lowest BCUT2D eigenvalue weighted by molar-refractivity contribution is -0.387. The number of nitro benzene ring substituents is 1. The first-order valence-electron chi connectivity index (χ1n) is 4.57. The SMILES string of the molecule is O=C1NCC(c2c(F)ccc([N+](=O)[O-])c2F)O1. The molecule has 0 radical (unpaired) electrons. The van der Waals surface area contributed by atoms with Crippen LogP contribution in [0.2, 0.25) is 0 Å². The van der Waals surface area contributed by atoms with Gasteiger partial charge in [-0.1, -0.05) is 0 Å². The van der Waals surface area contributed by atoms with Crippen molar-refractivity contribution in [2.75, 3.05) is 6.54 Å². The van der Waals surface area contributed by atoms with Gasteiger partial charge in [-0.2, -0.15) is 4.39 Å². The monoisotopic (exact) mass is 244 g/mol. The Kier molecular flexibility index (Phi) is 2.62. The smallest absolute Gasteiger partial charge is 0.407 e. The van der Waals surface area contributed by atoms with Crippen LogP contribution >= 0.6 is 0 Å². The van der Waals surface area contributed by atoms with E-state index in [0.717, 1.165) is 12.1 Å². The molecule has 0 aliphatic carbocycles. The number of halogens is 2. The van der Waals surface area contributed by atoms with Crippen molar-refractivity contribution in [2.45, 2.75) is 6.10 Å². The van der Waals surface area contributed by atoms with E-state index >= 15 is 0 Å². The zero-order chi connectivity index (χ0) is 12.6. The van der Waals surface area contributed by atoms with Gasteiger partial charge in [0.05, 0.1) is 17.0 Å². The lowest BCUT2D eigenvalue weighted by atomic mass is 10.1. The number of hydrogen-bond donors (Lipinski definition) is 1. The number of carbonyl (C=O) groups is 1. The van der Waals surface area contributed by atoms with E-state index < -0.39 is 40.0 Å². The third-order valence-corrected chi connectivity index (χ3v) is 2.31. The lowest BCUT2D eigenvalue weighted by Gasteiger charge is -2.10. The van der Waals surface area contributed by atoms with E-state index in [9.17, 15) is 23.7 Å². The van der Waals surface area contributed by atoms with Crippen LogP contribution in [-0.2, 0) is 4.74 Å². The summed E-state index contributed by atoms with van der Waals surface area (Å²) < 4.78 is 31.6. The van der Waals surface area contributed by atoms with E-state index in [1.807, 2.05) is 0 Å². The summed E-state index contributed by atoms with van der Waals surface area (Å²) in [6, 6.07) is 1.49. The van der Waals surface area contributed by atoms with Crippen LogP contribution in [0.1, 0.15) is 11.7 Å². The Morgan fingerprint density at radius 3 is 2.71 bits per heavy atom. The number of ether oxygens (including phenoxy) is 1. The maximum atomic E-state index is 13.7. The number of alkyl carbamates (subject to hydrolysis) is 1. The summed E-state index contributed by atoms with van der Waals surface area (Å²) in [5.41, 5.74) is -1.47. The molecule has 1 aliphatic rings. The number of nitrogens with one attached hydrogen (secondary N) is 1. The Morgan fingerprint density at radius 1 is 1.47 bits per heavy atom. The van der Waals surface area contributed by atoms with Gasteiger partial charge in [-0.05, 0) is 6.07 Å². The summed E-state index contributed by atoms with van der Waals surface area (Å²) in [5, 5.41) is 12.7. The van der Waals surface area contributed by atoms with Crippen LogP contribution in [0.5, 0.6) is 0 Å². The molecule has 0 aromatic heterocycles. The van der Waals surface area contributed by atoms with Crippen molar-refractivity contribution < 1.29 is 23.2 Å². The fraction of sp³-hybridized carbons (Fsp3) is 0.222. The minimum atomic E-state index is -1.32. The fourth-order valence-corrected chi connectivity index (χ4v) is 1.54. The Hall–Kier alpha value is -2.25. The summed E-state index contributed by atoms with van der Waals surface area (Å²) in [6.45, 7) is -0.131. The molecule has 6 nitrogen and oxygen atoms in total. The third kappa shape index (κ3) is 1.88. The van der Waals surface area contributed by atoms with Crippen molar-refractivity contribution in [1.29, 1.82) is 0 Å². The number of cyclic esters (lactones) is 1. The van der Waals surface area contributed by atoms with E-state index in [1.165, 1.54) is 0 Å². The van der Waals surface area contributed by atoms with Gasteiger partial charge < -0.3 is 10.1 Å². The van der Waals surface area contributed by atoms with Crippen LogP contribution in [-0.4, -0.2) is 17.6 Å². The summed E-state index contributed by atoms with van der Waals surface area (Å²) in [5.74, 6) is -2.31. The Morgan fingerprint density at radius 2 is 2.18 bits per heavy atom. The summed E-state index contributed by atoms with van der Waals surface area (Å²) in [4.78, 5) is 20.3. The Balaban J connectivity index is 2.48. The van der Waals surface area contributed by atoms with Crippen molar-refractivity contribution in [3.05, 3.63) is 39.4 Å². The molecule has 1 atom stereocenters. The molecule has 1 aliphatic heterocycles. The Labute approximate surface area is 93.3 Å². The van der Waals surface area contributed by atoms with Gasteiger partial charge in [-0.3, -0.25) is 10.1 Å². The number of hydrogen-bond acceptors (Lipinski definition) is 4. The molecule has 1 saturated heterocycles. The van der Waals surface area contributed by atoms with Crippen molar-refractivity contribution in [3.8, 4) is 0 Å². The maximum absolute atomic E-state index is 13.7. The van der Waals surface area contributed by atoms with Crippen LogP contribution in [0.3, 0.4) is 0 Å². The van der Waals surface area contributed by atoms with E-state index in [-0.39, 0.29) is 6.54 Å². The molecule has 17 heavy (non-hydrogen) atoms. The second-order valence-corrected chi connectivity index (χ2v) is 3.33. The van der Waals surface area contributed by atoms with Crippen LogP contribution < -0.4 is 5.32 Å². The van der Waals surface area contributed by atoms with E-state index in [0.29, 0.717) is 0 Å². The highest BCUT2D eigenvalue weighted by molar-refractivity contribution is 5.69. The van der Waals surface area contributed by atoms with Crippen molar-refractivity contribution >= 4 is 11.8 Å². The minimum absolute atomic E-state index is 0.131. The van der Waals surface area contributed by atoms with Crippen molar-refractivity contribution in [2.24, 2.45) is 0 Å². The predicted octanol–water partition coefficient (Wildman–Crippen LogP) is 1.65. The first-order valence-corrected chi connectivity index (χ1v) is 4.57. The average Bonchev–Trinajstić information content (AvgIpc) is 2.64.